The van der Waals surface area contributed by atoms with E-state index < -0.39 is 0 Å². The number of aryl methyl sites for hydroxylation is 1. The number of fused-ring (bicyclic) bond motifs is 1. The van der Waals surface area contributed by atoms with Gasteiger partial charge < -0.3 is 4.98 Å². The van der Waals surface area contributed by atoms with Gasteiger partial charge in [-0.25, -0.2) is 4.98 Å². The Labute approximate surface area is 100 Å². The van der Waals surface area contributed by atoms with Gasteiger partial charge >= 0.3 is 0 Å². The Kier molecular flexibility index (Phi) is 2.41. The first kappa shape index (κ1) is 10.1. The van der Waals surface area contributed by atoms with E-state index in [4.69, 9.17) is 0 Å². The average Bonchev–Trinajstić information content (AvgIpc) is 2.83. The van der Waals surface area contributed by atoms with Crippen LogP contribution in [0.2, 0.25) is 0 Å². The molecule has 2 nitrogen and oxygen atoms in total. The Morgan fingerprint density at radius 2 is 1.82 bits per heavy atom. The molecular formula is C15H14N2. The summed E-state index contributed by atoms with van der Waals surface area (Å²) < 4.78 is 0. The molecule has 2 aromatic carbocycles. The number of nitrogens with one attached hydrogen (secondary N) is 1. The van der Waals surface area contributed by atoms with Crippen molar-refractivity contribution in [3.63, 3.8) is 0 Å². The van der Waals surface area contributed by atoms with Gasteiger partial charge in [-0.2, -0.15) is 0 Å². The molecule has 0 bridgehead atoms. The Morgan fingerprint density at radius 1 is 1.00 bits per heavy atom. The quantitative estimate of drug-likeness (QED) is 0.702. The Bertz CT molecular complexity index is 638. The first-order valence-electron chi connectivity index (χ1n) is 5.91. The molecular weight excluding hydrogens is 208 g/mol. The van der Waals surface area contributed by atoms with Crippen molar-refractivity contribution in [1.82, 2.24) is 9.97 Å². The SMILES string of the molecule is CCc1cccc2nc(-c3ccccc3)[nH]c12. The lowest BCUT2D eigenvalue weighted by molar-refractivity contribution is 1.15. The Morgan fingerprint density at radius 3 is 2.59 bits per heavy atom. The second-order valence-electron chi connectivity index (χ2n) is 4.12. The monoisotopic (exact) mass is 222 g/mol. The van der Waals surface area contributed by atoms with E-state index in [1.807, 2.05) is 18.2 Å². The first-order valence-corrected chi connectivity index (χ1v) is 5.91. The molecule has 1 heterocycles. The molecule has 1 aromatic heterocycles. The molecule has 3 rings (SSSR count). The van der Waals surface area contributed by atoms with Gasteiger partial charge in [0.15, 0.2) is 0 Å². The molecule has 0 spiro atoms. The zero-order valence-electron chi connectivity index (χ0n) is 9.77. The molecule has 0 atom stereocenters. The van der Waals surface area contributed by atoms with Crippen LogP contribution in [-0.4, -0.2) is 9.97 Å². The molecule has 0 amide bonds. The minimum absolute atomic E-state index is 0.946. The molecule has 2 heteroatoms. The van der Waals surface area contributed by atoms with E-state index in [2.05, 4.69) is 47.2 Å². The predicted molar refractivity (Wildman–Crippen MR) is 70.9 cm³/mol. The minimum atomic E-state index is 0.946. The molecule has 0 aliphatic carbocycles. The minimum Gasteiger partial charge on any atom is -0.338 e. The number of benzene rings is 2. The van der Waals surface area contributed by atoms with Crippen LogP contribution in [0.15, 0.2) is 48.5 Å². The van der Waals surface area contributed by atoms with Crippen molar-refractivity contribution in [1.29, 1.82) is 0 Å². The molecule has 17 heavy (non-hydrogen) atoms. The summed E-state index contributed by atoms with van der Waals surface area (Å²) in [4.78, 5) is 8.06. The zero-order valence-corrected chi connectivity index (χ0v) is 9.77. The highest BCUT2D eigenvalue weighted by Crippen LogP contribution is 2.22. The smallest absolute Gasteiger partial charge is 0.138 e. The number of aromatic nitrogens is 2. The van der Waals surface area contributed by atoms with Crippen molar-refractivity contribution in [2.75, 3.05) is 0 Å². The Hall–Kier alpha value is -2.09. The van der Waals surface area contributed by atoms with Gasteiger partial charge in [-0.15, -0.1) is 0 Å². The van der Waals surface area contributed by atoms with E-state index in [0.29, 0.717) is 0 Å². The number of hydrogen-bond acceptors (Lipinski definition) is 1. The highest BCUT2D eigenvalue weighted by Gasteiger charge is 2.06. The van der Waals surface area contributed by atoms with Crippen molar-refractivity contribution in [2.45, 2.75) is 13.3 Å². The van der Waals surface area contributed by atoms with Crippen molar-refractivity contribution in [3.05, 3.63) is 54.1 Å². The molecule has 0 aliphatic heterocycles. The van der Waals surface area contributed by atoms with Gasteiger partial charge in [-0.3, -0.25) is 0 Å². The van der Waals surface area contributed by atoms with Gasteiger partial charge in [0.05, 0.1) is 11.0 Å². The summed E-state index contributed by atoms with van der Waals surface area (Å²) in [6, 6.07) is 16.5. The fourth-order valence-electron chi connectivity index (χ4n) is 2.12. The maximum Gasteiger partial charge on any atom is 0.138 e. The molecule has 3 aromatic rings. The number of H-pyrrole nitrogens is 1. The largest absolute Gasteiger partial charge is 0.338 e. The lowest BCUT2D eigenvalue weighted by atomic mass is 10.1. The molecule has 1 N–H and O–H groups in total. The second kappa shape index (κ2) is 4.06. The van der Waals surface area contributed by atoms with E-state index >= 15 is 0 Å². The summed E-state index contributed by atoms with van der Waals surface area (Å²) in [6.07, 6.45) is 1.02. The number of para-hydroxylation sites is 1. The standard InChI is InChI=1S/C15H14N2/c1-2-11-9-6-10-13-14(11)17-15(16-13)12-7-4-3-5-8-12/h3-10H,2H2,1H3,(H,16,17). The van der Waals surface area contributed by atoms with E-state index in [1.54, 1.807) is 0 Å². The number of nitrogens with zero attached hydrogens (tertiary/aromatic N) is 1. The molecule has 0 fully saturated rings. The third-order valence-electron chi connectivity index (χ3n) is 3.03. The fraction of sp³-hybridized carbons (Fsp3) is 0.133. The van der Waals surface area contributed by atoms with Gasteiger partial charge in [0.1, 0.15) is 5.82 Å². The van der Waals surface area contributed by atoms with Gasteiger partial charge in [-0.1, -0.05) is 49.4 Å². The average molecular weight is 222 g/mol. The maximum atomic E-state index is 4.64. The summed E-state index contributed by atoms with van der Waals surface area (Å²) in [5.74, 6) is 0.946. The van der Waals surface area contributed by atoms with Crippen LogP contribution in [0.5, 0.6) is 0 Å². The normalized spacial score (nSPS) is 10.9. The summed E-state index contributed by atoms with van der Waals surface area (Å²) in [6.45, 7) is 2.16. The zero-order chi connectivity index (χ0) is 11.7. The molecule has 84 valence electrons. The van der Waals surface area contributed by atoms with Crippen LogP contribution in [0.3, 0.4) is 0 Å². The summed E-state index contributed by atoms with van der Waals surface area (Å²) in [5, 5.41) is 0. The van der Waals surface area contributed by atoms with Crippen LogP contribution in [0.1, 0.15) is 12.5 Å². The van der Waals surface area contributed by atoms with Gasteiger partial charge in [-0.05, 0) is 18.1 Å². The van der Waals surface area contributed by atoms with Crippen LogP contribution >= 0.6 is 0 Å². The molecule has 0 radical (unpaired) electrons. The van der Waals surface area contributed by atoms with Crippen LogP contribution in [0.25, 0.3) is 22.4 Å². The molecule has 0 saturated carbocycles. The fourth-order valence-corrected chi connectivity index (χ4v) is 2.12. The van der Waals surface area contributed by atoms with Crippen molar-refractivity contribution >= 4 is 11.0 Å². The predicted octanol–water partition coefficient (Wildman–Crippen LogP) is 3.79. The van der Waals surface area contributed by atoms with Crippen molar-refractivity contribution in [3.8, 4) is 11.4 Å². The molecule has 0 unspecified atom stereocenters. The van der Waals surface area contributed by atoms with E-state index in [0.717, 1.165) is 28.8 Å². The van der Waals surface area contributed by atoms with Crippen molar-refractivity contribution in [2.24, 2.45) is 0 Å². The van der Waals surface area contributed by atoms with E-state index in [-0.39, 0.29) is 0 Å². The third kappa shape index (κ3) is 1.72. The lowest BCUT2D eigenvalue weighted by Gasteiger charge is -1.96. The second-order valence-corrected chi connectivity index (χ2v) is 4.12. The topological polar surface area (TPSA) is 28.7 Å². The number of imidazole rings is 1. The van der Waals surface area contributed by atoms with Crippen LogP contribution in [0.4, 0.5) is 0 Å². The van der Waals surface area contributed by atoms with E-state index in [9.17, 15) is 0 Å². The summed E-state index contributed by atoms with van der Waals surface area (Å²) in [7, 11) is 0. The summed E-state index contributed by atoms with van der Waals surface area (Å²) >= 11 is 0. The van der Waals surface area contributed by atoms with Crippen molar-refractivity contribution < 1.29 is 0 Å². The number of hydrogen-bond donors (Lipinski definition) is 1. The number of aromatic amines is 1. The van der Waals surface area contributed by atoms with Crippen LogP contribution in [-0.2, 0) is 6.42 Å². The first-order chi connectivity index (χ1) is 8.38. The van der Waals surface area contributed by atoms with E-state index in [1.165, 1.54) is 5.56 Å². The highest BCUT2D eigenvalue weighted by molar-refractivity contribution is 5.82. The lowest BCUT2D eigenvalue weighted by Crippen LogP contribution is -1.82. The van der Waals surface area contributed by atoms with Gasteiger partial charge in [0.2, 0.25) is 0 Å². The van der Waals surface area contributed by atoms with Crippen LogP contribution in [0, 0.1) is 0 Å². The highest BCUT2D eigenvalue weighted by atomic mass is 14.9. The number of rotatable bonds is 2. The molecule has 0 aliphatic rings. The van der Waals surface area contributed by atoms with Gasteiger partial charge in [0.25, 0.3) is 0 Å². The summed E-state index contributed by atoms with van der Waals surface area (Å²) in [5.41, 5.74) is 4.65. The Balaban J connectivity index is 2.20. The maximum absolute atomic E-state index is 4.64. The third-order valence-corrected chi connectivity index (χ3v) is 3.03. The van der Waals surface area contributed by atoms with Gasteiger partial charge in [0, 0.05) is 5.56 Å². The van der Waals surface area contributed by atoms with Crippen LogP contribution < -0.4 is 0 Å². The molecule has 0 saturated heterocycles.